The third-order valence-electron chi connectivity index (χ3n) is 5.97. The van der Waals surface area contributed by atoms with E-state index >= 15 is 0 Å². The van der Waals surface area contributed by atoms with Crippen LogP contribution in [0.1, 0.15) is 31.2 Å². The Hall–Kier alpha value is -2.57. The molecule has 3 aliphatic rings. The van der Waals surface area contributed by atoms with E-state index in [1.807, 2.05) is 0 Å². The molecule has 1 saturated carbocycles. The molecule has 3 fully saturated rings. The van der Waals surface area contributed by atoms with Gasteiger partial charge in [-0.3, -0.25) is 14.4 Å². The quantitative estimate of drug-likeness (QED) is 0.817. The molecule has 0 bridgehead atoms. The second kappa shape index (κ2) is 7.21. The highest BCUT2D eigenvalue weighted by Crippen LogP contribution is 2.28. The normalized spacial score (nSPS) is 26.1. The molecule has 2 N–H and O–H groups in total. The van der Waals surface area contributed by atoms with Gasteiger partial charge in [-0.05, 0) is 30.5 Å². The van der Waals surface area contributed by atoms with Crippen LogP contribution in [0, 0.1) is 5.92 Å². The van der Waals surface area contributed by atoms with Gasteiger partial charge in [0.1, 0.15) is 17.8 Å². The highest BCUT2D eigenvalue weighted by atomic mass is 16.3. The van der Waals surface area contributed by atoms with Crippen LogP contribution in [-0.4, -0.2) is 64.3 Å². The maximum absolute atomic E-state index is 12.9. The lowest BCUT2D eigenvalue weighted by Crippen LogP contribution is -2.70. The number of phenols is 1. The molecule has 0 radical (unpaired) electrons. The third kappa shape index (κ3) is 3.50. The number of hydrogen-bond acceptors (Lipinski definition) is 4. The molecule has 1 aromatic rings. The number of nitrogens with zero attached hydrogens (tertiary/aromatic N) is 2. The molecule has 2 atom stereocenters. The van der Waals surface area contributed by atoms with Crippen molar-refractivity contribution in [2.45, 2.75) is 44.2 Å². The molecule has 0 aromatic heterocycles. The van der Waals surface area contributed by atoms with Gasteiger partial charge in [0.15, 0.2) is 0 Å². The zero-order valence-electron chi connectivity index (χ0n) is 15.3. The van der Waals surface area contributed by atoms with E-state index < -0.39 is 12.1 Å². The summed E-state index contributed by atoms with van der Waals surface area (Å²) in [4.78, 5) is 41.6. The number of aromatic hydroxyl groups is 1. The van der Waals surface area contributed by atoms with Crippen molar-refractivity contribution in [3.63, 3.8) is 0 Å². The van der Waals surface area contributed by atoms with Crippen molar-refractivity contribution in [2.75, 3.05) is 19.6 Å². The average molecular weight is 371 g/mol. The monoisotopic (exact) mass is 371 g/mol. The Bertz CT molecular complexity index is 742. The molecule has 7 nitrogen and oxygen atoms in total. The van der Waals surface area contributed by atoms with Crippen LogP contribution in [0.4, 0.5) is 0 Å². The van der Waals surface area contributed by atoms with Gasteiger partial charge in [-0.2, -0.15) is 0 Å². The summed E-state index contributed by atoms with van der Waals surface area (Å²) in [7, 11) is 0. The summed E-state index contributed by atoms with van der Waals surface area (Å²) in [6, 6.07) is 5.45. The Morgan fingerprint density at radius 3 is 2.52 bits per heavy atom. The zero-order chi connectivity index (χ0) is 19.0. The number of nitrogens with one attached hydrogen (secondary N) is 1. The van der Waals surface area contributed by atoms with Gasteiger partial charge < -0.3 is 20.2 Å². The van der Waals surface area contributed by atoms with Gasteiger partial charge >= 0.3 is 0 Å². The number of hydrogen-bond donors (Lipinski definition) is 2. The minimum atomic E-state index is -0.602. The van der Waals surface area contributed by atoms with Crippen molar-refractivity contribution < 1.29 is 19.5 Å². The van der Waals surface area contributed by atoms with Gasteiger partial charge in [0, 0.05) is 25.4 Å². The molecular formula is C20H25N3O4. The van der Waals surface area contributed by atoms with E-state index in [4.69, 9.17) is 0 Å². The average Bonchev–Trinajstić information content (AvgIpc) is 3.21. The van der Waals surface area contributed by atoms with Gasteiger partial charge in [-0.25, -0.2) is 0 Å². The van der Waals surface area contributed by atoms with Crippen LogP contribution < -0.4 is 5.32 Å². The molecule has 1 aromatic carbocycles. The van der Waals surface area contributed by atoms with Crippen LogP contribution >= 0.6 is 0 Å². The van der Waals surface area contributed by atoms with Crippen molar-refractivity contribution >= 4 is 17.7 Å². The molecule has 2 saturated heterocycles. The van der Waals surface area contributed by atoms with E-state index in [9.17, 15) is 19.5 Å². The number of carbonyl (C=O) groups is 3. The summed E-state index contributed by atoms with van der Waals surface area (Å²) < 4.78 is 0. The molecule has 7 heteroatoms. The van der Waals surface area contributed by atoms with Crippen molar-refractivity contribution in [3.05, 3.63) is 29.8 Å². The third-order valence-corrected chi connectivity index (χ3v) is 5.97. The van der Waals surface area contributed by atoms with E-state index in [0.717, 1.165) is 31.2 Å². The van der Waals surface area contributed by atoms with Crippen LogP contribution in [-0.2, 0) is 20.8 Å². The van der Waals surface area contributed by atoms with Gasteiger partial charge in [0.25, 0.3) is 0 Å². The Kier molecular flexibility index (Phi) is 4.76. The Labute approximate surface area is 158 Å². The van der Waals surface area contributed by atoms with Crippen LogP contribution in [0.3, 0.4) is 0 Å². The summed E-state index contributed by atoms with van der Waals surface area (Å²) in [5.41, 5.74) is 0.875. The molecule has 0 unspecified atom stereocenters. The first-order valence-corrected chi connectivity index (χ1v) is 9.70. The van der Waals surface area contributed by atoms with Crippen LogP contribution in [0.2, 0.25) is 0 Å². The van der Waals surface area contributed by atoms with Crippen LogP contribution in [0.15, 0.2) is 24.3 Å². The van der Waals surface area contributed by atoms with E-state index in [1.54, 1.807) is 34.1 Å². The maximum Gasteiger partial charge on any atom is 0.246 e. The molecule has 1 aliphatic carbocycles. The fraction of sp³-hybridized carbons (Fsp3) is 0.550. The van der Waals surface area contributed by atoms with Crippen LogP contribution in [0.25, 0.3) is 0 Å². The summed E-state index contributed by atoms with van der Waals surface area (Å²) in [6.45, 7) is 1.19. The van der Waals surface area contributed by atoms with Gasteiger partial charge in [0.2, 0.25) is 17.7 Å². The molecule has 27 heavy (non-hydrogen) atoms. The number of fused-ring (bicyclic) bond motifs is 1. The molecule has 4 rings (SSSR count). The highest BCUT2D eigenvalue weighted by molar-refractivity contribution is 5.98. The number of benzene rings is 1. The van der Waals surface area contributed by atoms with Crippen LogP contribution in [0.5, 0.6) is 5.75 Å². The number of rotatable bonds is 3. The SMILES string of the molecule is O=C1N[C@@H](Cc2ccc(O)cc2)C(=O)N2CCN(C(=O)C3CCCC3)C[C@@H]12. The molecule has 2 aliphatic heterocycles. The minimum Gasteiger partial charge on any atom is -0.508 e. The van der Waals surface area contributed by atoms with Crippen molar-refractivity contribution in [1.29, 1.82) is 0 Å². The highest BCUT2D eigenvalue weighted by Gasteiger charge is 2.44. The van der Waals surface area contributed by atoms with E-state index in [1.165, 1.54) is 0 Å². The number of piperazine rings is 2. The summed E-state index contributed by atoms with van der Waals surface area (Å²) in [6.07, 6.45) is 4.45. The molecule has 2 heterocycles. The first-order chi connectivity index (χ1) is 13.0. The summed E-state index contributed by atoms with van der Waals surface area (Å²) in [5.74, 6) is 0.101. The van der Waals surface area contributed by atoms with E-state index in [2.05, 4.69) is 5.32 Å². The first-order valence-electron chi connectivity index (χ1n) is 9.70. The largest absolute Gasteiger partial charge is 0.508 e. The number of carbonyl (C=O) groups excluding carboxylic acids is 3. The second-order valence-corrected chi connectivity index (χ2v) is 7.74. The van der Waals surface area contributed by atoms with E-state index in [-0.39, 0.29) is 29.4 Å². The fourth-order valence-electron chi connectivity index (χ4n) is 4.44. The number of phenolic OH excluding ortho intramolecular Hbond substituents is 1. The fourth-order valence-corrected chi connectivity index (χ4v) is 4.44. The smallest absolute Gasteiger partial charge is 0.246 e. The predicted molar refractivity (Wildman–Crippen MR) is 97.8 cm³/mol. The van der Waals surface area contributed by atoms with E-state index in [0.29, 0.717) is 26.1 Å². The van der Waals surface area contributed by atoms with Crippen molar-refractivity contribution in [3.8, 4) is 5.75 Å². The minimum absolute atomic E-state index is 0.0844. The molecule has 144 valence electrons. The maximum atomic E-state index is 12.9. The molecule has 3 amide bonds. The second-order valence-electron chi connectivity index (χ2n) is 7.74. The lowest BCUT2D eigenvalue weighted by Gasteiger charge is -2.45. The molecule has 0 spiro atoms. The Balaban J connectivity index is 1.42. The Morgan fingerprint density at radius 2 is 1.81 bits per heavy atom. The van der Waals surface area contributed by atoms with Gasteiger partial charge in [0.05, 0.1) is 6.54 Å². The summed E-state index contributed by atoms with van der Waals surface area (Å²) >= 11 is 0. The Morgan fingerprint density at radius 1 is 1.11 bits per heavy atom. The first kappa shape index (κ1) is 17.8. The summed E-state index contributed by atoms with van der Waals surface area (Å²) in [5, 5.41) is 12.2. The van der Waals surface area contributed by atoms with Gasteiger partial charge in [-0.1, -0.05) is 25.0 Å². The van der Waals surface area contributed by atoms with Gasteiger partial charge in [-0.15, -0.1) is 0 Å². The lowest BCUT2D eigenvalue weighted by molar-refractivity contribution is -0.156. The van der Waals surface area contributed by atoms with Crippen molar-refractivity contribution in [1.82, 2.24) is 15.1 Å². The number of amides is 3. The molecular weight excluding hydrogens is 346 g/mol. The van der Waals surface area contributed by atoms with Crippen molar-refractivity contribution in [2.24, 2.45) is 5.92 Å². The predicted octanol–water partition coefficient (Wildman–Crippen LogP) is 0.663. The topological polar surface area (TPSA) is 89.9 Å². The standard InChI is InChI=1S/C20H25N3O4/c24-15-7-5-13(6-8-15)11-16-20(27)23-10-9-22(12-17(23)18(25)21-16)19(26)14-3-1-2-4-14/h5-8,14,16-17,24H,1-4,9-12H2,(H,21,25)/t16-,17-/m0/s1. The lowest BCUT2D eigenvalue weighted by atomic mass is 9.97. The zero-order valence-corrected chi connectivity index (χ0v) is 15.3.